The summed E-state index contributed by atoms with van der Waals surface area (Å²) < 4.78 is 5.40. The fourth-order valence-corrected chi connectivity index (χ4v) is 4.71. The van der Waals surface area contributed by atoms with Crippen LogP contribution in [0.1, 0.15) is 50.2 Å². The predicted octanol–water partition coefficient (Wildman–Crippen LogP) is 3.23. The van der Waals surface area contributed by atoms with Crippen molar-refractivity contribution >= 4 is 17.5 Å². The molecule has 1 aromatic carbocycles. The second-order valence-corrected chi connectivity index (χ2v) is 8.20. The maximum absolute atomic E-state index is 12.8. The molecule has 1 aromatic rings. The molecule has 0 bridgehead atoms. The number of nitrogens with one attached hydrogen (secondary N) is 1. The zero-order chi connectivity index (χ0) is 19.4. The molecule has 27 heavy (non-hydrogen) atoms. The first-order valence-electron chi connectivity index (χ1n) is 10.1. The minimum absolute atomic E-state index is 0.000129. The molecular weight excluding hydrogens is 340 g/mol. The molecule has 0 radical (unpaired) electrons. The van der Waals surface area contributed by atoms with Crippen LogP contribution in [0.3, 0.4) is 0 Å². The van der Waals surface area contributed by atoms with Crippen LogP contribution in [-0.2, 0) is 20.7 Å². The number of aryl methyl sites for hydroxylation is 2. The Labute approximate surface area is 162 Å². The highest BCUT2D eigenvalue weighted by Gasteiger charge is 2.38. The van der Waals surface area contributed by atoms with Crippen molar-refractivity contribution in [3.05, 3.63) is 29.3 Å². The first kappa shape index (κ1) is 19.9. The molecule has 5 nitrogen and oxygen atoms in total. The highest BCUT2D eigenvalue weighted by molar-refractivity contribution is 6.01. The van der Waals surface area contributed by atoms with Gasteiger partial charge in [0, 0.05) is 37.7 Å². The lowest BCUT2D eigenvalue weighted by Gasteiger charge is -2.29. The van der Waals surface area contributed by atoms with Crippen molar-refractivity contribution in [3.8, 4) is 0 Å². The van der Waals surface area contributed by atoms with Gasteiger partial charge < -0.3 is 15.0 Å². The third kappa shape index (κ3) is 4.18. The number of ether oxygens (including phenoxy) is 1. The third-order valence-corrected chi connectivity index (χ3v) is 6.22. The number of benzene rings is 1. The number of methoxy groups -OCH3 is 1. The summed E-state index contributed by atoms with van der Waals surface area (Å²) in [5.74, 6) is -0.228. The van der Waals surface area contributed by atoms with Crippen molar-refractivity contribution in [3.63, 3.8) is 0 Å². The molecule has 0 aromatic heterocycles. The first-order valence-corrected chi connectivity index (χ1v) is 10.1. The van der Waals surface area contributed by atoms with Crippen LogP contribution in [-0.4, -0.2) is 38.6 Å². The van der Waals surface area contributed by atoms with Crippen LogP contribution < -0.4 is 10.2 Å². The van der Waals surface area contributed by atoms with E-state index in [1.54, 1.807) is 7.11 Å². The normalized spacial score (nSPS) is 21.7. The number of para-hydroxylation sites is 1. The molecule has 1 heterocycles. The lowest BCUT2D eigenvalue weighted by molar-refractivity contribution is -0.126. The average molecular weight is 373 g/mol. The molecule has 1 aliphatic carbocycles. The average Bonchev–Trinajstić information content (AvgIpc) is 3.27. The van der Waals surface area contributed by atoms with Gasteiger partial charge in [0.05, 0.1) is 12.5 Å². The van der Waals surface area contributed by atoms with Crippen molar-refractivity contribution in [2.45, 2.75) is 52.4 Å². The SMILES string of the molecule is CCc1cccc(C)c1N1C[C@H](C(=O)NCC2(COC)CCCC2)CC1=O. The summed E-state index contributed by atoms with van der Waals surface area (Å²) in [7, 11) is 1.73. The van der Waals surface area contributed by atoms with E-state index in [-0.39, 0.29) is 23.1 Å². The highest BCUT2D eigenvalue weighted by atomic mass is 16.5. The smallest absolute Gasteiger partial charge is 0.227 e. The molecule has 3 rings (SSSR count). The van der Waals surface area contributed by atoms with E-state index in [1.165, 1.54) is 12.8 Å². The molecule has 1 aliphatic heterocycles. The van der Waals surface area contributed by atoms with Crippen LogP contribution in [0.25, 0.3) is 0 Å². The monoisotopic (exact) mass is 372 g/mol. The summed E-state index contributed by atoms with van der Waals surface area (Å²) >= 11 is 0. The summed E-state index contributed by atoms with van der Waals surface area (Å²) in [4.78, 5) is 27.3. The lowest BCUT2D eigenvalue weighted by atomic mass is 9.87. The van der Waals surface area contributed by atoms with Crippen LogP contribution in [0.5, 0.6) is 0 Å². The van der Waals surface area contributed by atoms with Crippen LogP contribution in [0, 0.1) is 18.3 Å². The molecular formula is C22H32N2O3. The summed E-state index contributed by atoms with van der Waals surface area (Å²) in [6.07, 6.45) is 5.75. The van der Waals surface area contributed by atoms with Gasteiger partial charge in [-0.3, -0.25) is 9.59 Å². The fourth-order valence-electron chi connectivity index (χ4n) is 4.71. The number of rotatable bonds is 7. The van der Waals surface area contributed by atoms with Gasteiger partial charge in [0.25, 0.3) is 0 Å². The summed E-state index contributed by atoms with van der Waals surface area (Å²) in [5, 5.41) is 3.13. The molecule has 0 spiro atoms. The van der Waals surface area contributed by atoms with Crippen molar-refractivity contribution in [2.24, 2.45) is 11.3 Å². The highest BCUT2D eigenvalue weighted by Crippen LogP contribution is 2.38. The fraction of sp³-hybridized carbons (Fsp3) is 0.636. The second kappa shape index (κ2) is 8.42. The molecule has 2 amide bonds. The van der Waals surface area contributed by atoms with Gasteiger partial charge in [-0.2, -0.15) is 0 Å². The molecule has 5 heteroatoms. The second-order valence-electron chi connectivity index (χ2n) is 8.20. The van der Waals surface area contributed by atoms with E-state index in [2.05, 4.69) is 18.3 Å². The number of hydrogen-bond acceptors (Lipinski definition) is 3. The van der Waals surface area contributed by atoms with Gasteiger partial charge in [-0.15, -0.1) is 0 Å². The van der Waals surface area contributed by atoms with Gasteiger partial charge in [0.1, 0.15) is 0 Å². The van der Waals surface area contributed by atoms with Crippen LogP contribution in [0.15, 0.2) is 18.2 Å². The first-order chi connectivity index (χ1) is 13.0. The Morgan fingerprint density at radius 2 is 2.07 bits per heavy atom. The Kier molecular flexibility index (Phi) is 6.20. The number of hydrogen-bond donors (Lipinski definition) is 1. The van der Waals surface area contributed by atoms with E-state index >= 15 is 0 Å². The molecule has 2 fully saturated rings. The Morgan fingerprint density at radius 1 is 1.33 bits per heavy atom. The van der Waals surface area contributed by atoms with Gasteiger partial charge in [-0.05, 0) is 37.3 Å². The van der Waals surface area contributed by atoms with Gasteiger partial charge >= 0.3 is 0 Å². The molecule has 0 unspecified atom stereocenters. The van der Waals surface area contributed by atoms with E-state index in [0.29, 0.717) is 26.1 Å². The molecule has 1 atom stereocenters. The van der Waals surface area contributed by atoms with Crippen molar-refractivity contribution in [2.75, 3.05) is 31.7 Å². The standard InChI is InChI=1S/C22H32N2O3/c1-4-17-9-7-8-16(2)20(17)24-13-18(12-19(24)25)21(26)23-14-22(15-27-3)10-5-6-11-22/h7-9,18H,4-6,10-15H2,1-3H3,(H,23,26)/t18-/m1/s1. The maximum Gasteiger partial charge on any atom is 0.227 e. The van der Waals surface area contributed by atoms with Crippen LogP contribution in [0.2, 0.25) is 0 Å². The Morgan fingerprint density at radius 3 is 2.74 bits per heavy atom. The number of anilines is 1. The quantitative estimate of drug-likeness (QED) is 0.799. The van der Waals surface area contributed by atoms with E-state index in [9.17, 15) is 9.59 Å². The predicted molar refractivity (Wildman–Crippen MR) is 107 cm³/mol. The maximum atomic E-state index is 12.8. The summed E-state index contributed by atoms with van der Waals surface area (Å²) in [5.41, 5.74) is 3.31. The Bertz CT molecular complexity index is 695. The Balaban J connectivity index is 1.66. The van der Waals surface area contributed by atoms with Gasteiger partial charge in [-0.1, -0.05) is 38.0 Å². The molecule has 1 saturated carbocycles. The minimum atomic E-state index is -0.275. The topological polar surface area (TPSA) is 58.6 Å². The largest absolute Gasteiger partial charge is 0.384 e. The molecule has 1 N–H and O–H groups in total. The number of amides is 2. The van der Waals surface area contributed by atoms with E-state index in [4.69, 9.17) is 4.74 Å². The minimum Gasteiger partial charge on any atom is -0.384 e. The van der Waals surface area contributed by atoms with Crippen molar-refractivity contribution in [1.29, 1.82) is 0 Å². The van der Waals surface area contributed by atoms with Crippen LogP contribution in [0.4, 0.5) is 5.69 Å². The van der Waals surface area contributed by atoms with Gasteiger partial charge in [-0.25, -0.2) is 0 Å². The zero-order valence-corrected chi connectivity index (χ0v) is 16.8. The summed E-state index contributed by atoms with van der Waals surface area (Å²) in [6.45, 7) is 5.93. The van der Waals surface area contributed by atoms with E-state index in [0.717, 1.165) is 36.1 Å². The van der Waals surface area contributed by atoms with Crippen molar-refractivity contribution < 1.29 is 14.3 Å². The lowest BCUT2D eigenvalue weighted by Crippen LogP contribution is -2.41. The van der Waals surface area contributed by atoms with Gasteiger partial charge in [0.2, 0.25) is 11.8 Å². The number of carbonyl (C=O) groups excluding carboxylic acids is 2. The number of nitrogens with zero attached hydrogens (tertiary/aromatic N) is 1. The molecule has 2 aliphatic rings. The summed E-state index contributed by atoms with van der Waals surface area (Å²) in [6, 6.07) is 6.13. The third-order valence-electron chi connectivity index (χ3n) is 6.22. The Hall–Kier alpha value is -1.88. The van der Waals surface area contributed by atoms with Crippen molar-refractivity contribution in [1.82, 2.24) is 5.32 Å². The van der Waals surface area contributed by atoms with Crippen LogP contribution >= 0.6 is 0 Å². The molecule has 1 saturated heterocycles. The van der Waals surface area contributed by atoms with Gasteiger partial charge in [0.15, 0.2) is 0 Å². The molecule has 148 valence electrons. The number of carbonyl (C=O) groups is 2. The van der Waals surface area contributed by atoms with E-state index in [1.807, 2.05) is 24.0 Å². The van der Waals surface area contributed by atoms with E-state index < -0.39 is 0 Å². The zero-order valence-electron chi connectivity index (χ0n) is 16.8.